The van der Waals surface area contributed by atoms with E-state index in [9.17, 15) is 14.4 Å². The van der Waals surface area contributed by atoms with Gasteiger partial charge in [-0.1, -0.05) is 12.1 Å². The van der Waals surface area contributed by atoms with E-state index in [1.54, 1.807) is 60.5 Å². The number of ether oxygens (including phenoxy) is 1. The summed E-state index contributed by atoms with van der Waals surface area (Å²) in [6, 6.07) is 13.9. The highest BCUT2D eigenvalue weighted by Gasteiger charge is 2.16. The van der Waals surface area contributed by atoms with Crippen LogP contribution in [-0.4, -0.2) is 55.4 Å². The van der Waals surface area contributed by atoms with Gasteiger partial charge in [-0.25, -0.2) is 0 Å². The second-order valence-corrected chi connectivity index (χ2v) is 7.40. The number of nitrogens with zero attached hydrogens (tertiary/aromatic N) is 1. The van der Waals surface area contributed by atoms with Gasteiger partial charge in [0.15, 0.2) is 0 Å². The number of hydrogen-bond donors (Lipinski definition) is 3. The van der Waals surface area contributed by atoms with Gasteiger partial charge in [-0.15, -0.1) is 0 Å². The summed E-state index contributed by atoms with van der Waals surface area (Å²) >= 11 is 0. The van der Waals surface area contributed by atoms with Crippen LogP contribution in [0, 0.1) is 0 Å². The number of amides is 3. The van der Waals surface area contributed by atoms with Crippen molar-refractivity contribution in [2.75, 3.05) is 37.4 Å². The molecule has 8 nitrogen and oxygen atoms in total. The van der Waals surface area contributed by atoms with E-state index in [1.807, 2.05) is 20.8 Å². The summed E-state index contributed by atoms with van der Waals surface area (Å²) in [4.78, 5) is 38.6. The smallest absolute Gasteiger partial charge is 0.257 e. The van der Waals surface area contributed by atoms with Crippen LogP contribution in [0.25, 0.3) is 0 Å². The first-order valence-corrected chi connectivity index (χ1v) is 10.2. The highest BCUT2D eigenvalue weighted by molar-refractivity contribution is 6.10. The van der Waals surface area contributed by atoms with E-state index in [-0.39, 0.29) is 36.9 Å². The third-order valence-electron chi connectivity index (χ3n) is 4.15. The first-order chi connectivity index (χ1) is 14.8. The van der Waals surface area contributed by atoms with Crippen LogP contribution >= 0.6 is 0 Å². The van der Waals surface area contributed by atoms with E-state index in [1.165, 1.54) is 0 Å². The number of benzene rings is 2. The number of hydrogen-bond acceptors (Lipinski definition) is 5. The van der Waals surface area contributed by atoms with Crippen LogP contribution in [0.1, 0.15) is 31.1 Å². The zero-order chi connectivity index (χ0) is 22.8. The van der Waals surface area contributed by atoms with Crippen molar-refractivity contribution in [3.8, 4) is 5.75 Å². The molecule has 0 bridgehead atoms. The van der Waals surface area contributed by atoms with Crippen molar-refractivity contribution in [3.63, 3.8) is 0 Å². The van der Waals surface area contributed by atoms with Gasteiger partial charge in [0.1, 0.15) is 5.75 Å². The molecular formula is C23H30N4O4. The van der Waals surface area contributed by atoms with Gasteiger partial charge >= 0.3 is 0 Å². The van der Waals surface area contributed by atoms with Crippen molar-refractivity contribution in [1.82, 2.24) is 10.2 Å². The fourth-order valence-electron chi connectivity index (χ4n) is 2.89. The lowest BCUT2D eigenvalue weighted by molar-refractivity contribution is -0.123. The van der Waals surface area contributed by atoms with Crippen LogP contribution in [0.4, 0.5) is 11.4 Å². The molecule has 3 N–H and O–H groups in total. The molecule has 0 unspecified atom stereocenters. The van der Waals surface area contributed by atoms with Crippen molar-refractivity contribution in [3.05, 3.63) is 54.1 Å². The summed E-state index contributed by atoms with van der Waals surface area (Å²) in [7, 11) is 1.68. The van der Waals surface area contributed by atoms with Gasteiger partial charge in [0.2, 0.25) is 11.8 Å². The fourth-order valence-corrected chi connectivity index (χ4v) is 2.89. The van der Waals surface area contributed by atoms with Crippen molar-refractivity contribution in [2.45, 2.75) is 26.8 Å². The van der Waals surface area contributed by atoms with Gasteiger partial charge in [0.25, 0.3) is 5.91 Å². The van der Waals surface area contributed by atoms with Gasteiger partial charge in [0, 0.05) is 11.7 Å². The van der Waals surface area contributed by atoms with Crippen molar-refractivity contribution in [1.29, 1.82) is 0 Å². The minimum absolute atomic E-state index is 0.0142. The predicted molar refractivity (Wildman–Crippen MR) is 121 cm³/mol. The molecule has 166 valence electrons. The Morgan fingerprint density at radius 2 is 1.58 bits per heavy atom. The molecule has 0 aliphatic heterocycles. The lowest BCUT2D eigenvalue weighted by Crippen LogP contribution is -2.41. The second-order valence-electron chi connectivity index (χ2n) is 7.40. The molecule has 0 aromatic heterocycles. The Morgan fingerprint density at radius 3 is 2.23 bits per heavy atom. The van der Waals surface area contributed by atoms with Crippen LogP contribution < -0.4 is 20.7 Å². The van der Waals surface area contributed by atoms with Crippen LogP contribution in [0.3, 0.4) is 0 Å². The Bertz CT molecular complexity index is 897. The van der Waals surface area contributed by atoms with Gasteiger partial charge in [-0.05, 0) is 64.2 Å². The lowest BCUT2D eigenvalue weighted by Gasteiger charge is -2.18. The van der Waals surface area contributed by atoms with Gasteiger partial charge in [-0.2, -0.15) is 0 Å². The predicted octanol–water partition coefficient (Wildman–Crippen LogP) is 2.73. The van der Waals surface area contributed by atoms with E-state index in [4.69, 9.17) is 4.74 Å². The zero-order valence-corrected chi connectivity index (χ0v) is 18.4. The van der Waals surface area contributed by atoms with Crippen molar-refractivity contribution in [2.24, 2.45) is 0 Å². The van der Waals surface area contributed by atoms with Crippen LogP contribution in [0.15, 0.2) is 48.5 Å². The second kappa shape index (κ2) is 11.7. The first kappa shape index (κ1) is 23.9. The topological polar surface area (TPSA) is 99.8 Å². The zero-order valence-electron chi connectivity index (χ0n) is 18.4. The summed E-state index contributed by atoms with van der Waals surface area (Å²) in [5.41, 5.74) is 1.35. The molecule has 0 atom stereocenters. The van der Waals surface area contributed by atoms with Crippen LogP contribution in [0.5, 0.6) is 5.75 Å². The molecule has 0 aliphatic rings. The summed E-state index contributed by atoms with van der Waals surface area (Å²) < 4.78 is 5.40. The molecule has 2 rings (SSSR count). The Hall–Kier alpha value is -3.39. The Labute approximate surface area is 183 Å². The Morgan fingerprint density at radius 1 is 0.935 bits per heavy atom. The number of nitrogens with one attached hydrogen (secondary N) is 3. The summed E-state index contributed by atoms with van der Waals surface area (Å²) in [6.07, 6.45) is 0. The highest BCUT2D eigenvalue weighted by Crippen LogP contribution is 2.19. The fraction of sp³-hybridized carbons (Fsp3) is 0.348. The largest absolute Gasteiger partial charge is 0.494 e. The van der Waals surface area contributed by atoms with Crippen molar-refractivity contribution < 1.29 is 19.1 Å². The maximum atomic E-state index is 12.7. The molecule has 31 heavy (non-hydrogen) atoms. The van der Waals surface area contributed by atoms with Gasteiger partial charge in [0.05, 0.1) is 30.9 Å². The average Bonchev–Trinajstić information content (AvgIpc) is 2.69. The molecule has 0 aliphatic carbocycles. The van der Waals surface area contributed by atoms with E-state index < -0.39 is 0 Å². The van der Waals surface area contributed by atoms with E-state index >= 15 is 0 Å². The minimum Gasteiger partial charge on any atom is -0.494 e. The summed E-state index contributed by atoms with van der Waals surface area (Å²) in [5.74, 6) is -0.0920. The maximum Gasteiger partial charge on any atom is 0.257 e. The van der Waals surface area contributed by atoms with Crippen LogP contribution in [0.2, 0.25) is 0 Å². The molecule has 0 heterocycles. The Kier molecular flexibility index (Phi) is 9.02. The monoisotopic (exact) mass is 426 g/mol. The van der Waals surface area contributed by atoms with Crippen molar-refractivity contribution >= 4 is 29.1 Å². The molecule has 2 aromatic carbocycles. The summed E-state index contributed by atoms with van der Waals surface area (Å²) in [5, 5.41) is 8.35. The number of likely N-dealkylation sites (N-methyl/N-ethyl adjacent to an activating group) is 1. The molecule has 8 heteroatoms. The molecular weight excluding hydrogens is 396 g/mol. The number of rotatable bonds is 10. The number of carbonyl (C=O) groups excluding carboxylic acids is 3. The maximum absolute atomic E-state index is 12.7. The van der Waals surface area contributed by atoms with Gasteiger partial charge < -0.3 is 20.7 Å². The number of anilines is 2. The quantitative estimate of drug-likeness (QED) is 0.543. The average molecular weight is 427 g/mol. The molecule has 0 saturated carbocycles. The van der Waals surface area contributed by atoms with E-state index in [0.717, 1.165) is 5.75 Å². The molecule has 0 radical (unpaired) electrons. The molecule has 3 amide bonds. The minimum atomic E-state index is -0.343. The third kappa shape index (κ3) is 8.10. The lowest BCUT2D eigenvalue weighted by atomic mass is 10.1. The standard InChI is InChI=1S/C23H30N4O4/c1-5-31-18-12-10-17(11-13-18)25-23(30)19-8-6-7-9-20(19)26-22(29)15-27(4)14-21(28)24-16(2)3/h6-13,16H,5,14-15H2,1-4H3,(H,24,28)(H,25,30)(H,26,29). The first-order valence-electron chi connectivity index (χ1n) is 10.2. The Balaban J connectivity index is 1.98. The normalized spacial score (nSPS) is 10.6. The molecule has 0 spiro atoms. The van der Waals surface area contributed by atoms with E-state index in [0.29, 0.717) is 23.5 Å². The molecule has 0 fully saturated rings. The third-order valence-corrected chi connectivity index (χ3v) is 4.15. The molecule has 0 saturated heterocycles. The molecule has 2 aromatic rings. The van der Waals surface area contributed by atoms with E-state index in [2.05, 4.69) is 16.0 Å². The van der Waals surface area contributed by atoms with Crippen LogP contribution in [-0.2, 0) is 9.59 Å². The highest BCUT2D eigenvalue weighted by atomic mass is 16.5. The summed E-state index contributed by atoms with van der Waals surface area (Å²) in [6.45, 7) is 6.33. The SMILES string of the molecule is CCOc1ccc(NC(=O)c2ccccc2NC(=O)CN(C)CC(=O)NC(C)C)cc1. The number of para-hydroxylation sites is 1. The number of carbonyl (C=O) groups is 3. The van der Waals surface area contributed by atoms with Gasteiger partial charge in [-0.3, -0.25) is 19.3 Å².